The zero-order valence-electron chi connectivity index (χ0n) is 17.3. The predicted octanol–water partition coefficient (Wildman–Crippen LogP) is 5.94. The van der Waals surface area contributed by atoms with E-state index in [4.69, 9.17) is 0 Å². The molecule has 176 valence electrons. The van der Waals surface area contributed by atoms with Crippen LogP contribution in [0.1, 0.15) is 9.67 Å². The lowest BCUT2D eigenvalue weighted by molar-refractivity contribution is -0.144. The van der Waals surface area contributed by atoms with Gasteiger partial charge in [-0.3, -0.25) is 9.78 Å². The Morgan fingerprint density at radius 1 is 1.18 bits per heavy atom. The molecule has 4 rings (SSSR count). The summed E-state index contributed by atoms with van der Waals surface area (Å²) in [7, 11) is 1.39. The molecule has 0 aliphatic heterocycles. The molecule has 1 atom stereocenters. The molecule has 0 aliphatic carbocycles. The van der Waals surface area contributed by atoms with E-state index in [2.05, 4.69) is 20.5 Å². The molecule has 7 nitrogen and oxygen atoms in total. The summed E-state index contributed by atoms with van der Waals surface area (Å²) in [6.45, 7) is -0.648. The van der Waals surface area contributed by atoms with Crippen LogP contribution in [0.5, 0.6) is 0 Å². The van der Waals surface area contributed by atoms with Crippen molar-refractivity contribution in [1.82, 2.24) is 9.97 Å². The fourth-order valence-corrected chi connectivity index (χ4v) is 5.07. The maximum absolute atomic E-state index is 13.0. The number of hydrogen-bond donors (Lipinski definition) is 1. The second kappa shape index (κ2) is 9.43. The van der Waals surface area contributed by atoms with E-state index in [1.54, 1.807) is 36.4 Å². The molecule has 0 fully saturated rings. The van der Waals surface area contributed by atoms with E-state index in [0.717, 1.165) is 34.4 Å². The van der Waals surface area contributed by atoms with Gasteiger partial charge in [0.2, 0.25) is 6.04 Å². The van der Waals surface area contributed by atoms with Crippen molar-refractivity contribution in [2.45, 2.75) is 12.2 Å². The number of likely N-dealkylation sites (N-methyl/N-ethyl adjacent to an activating group) is 1. The number of aromatic nitrogens is 2. The van der Waals surface area contributed by atoms with Crippen LogP contribution in [0.15, 0.2) is 53.8 Å². The van der Waals surface area contributed by atoms with Crippen molar-refractivity contribution >= 4 is 48.9 Å². The number of carbonyl (C=O) groups is 1. The van der Waals surface area contributed by atoms with Gasteiger partial charge in [0, 0.05) is 18.3 Å². The van der Waals surface area contributed by atoms with Crippen LogP contribution in [0.25, 0.3) is 20.8 Å². The molecular formula is C21H15F4N5O2S2. The molecule has 1 amide bonds. The Labute approximate surface area is 198 Å². The topological polar surface area (TPSA) is 87.5 Å². The third-order valence-electron chi connectivity index (χ3n) is 4.75. The molecule has 0 bridgehead atoms. The van der Waals surface area contributed by atoms with Crippen molar-refractivity contribution in [3.8, 4) is 11.3 Å². The fraction of sp³-hybridized carbons (Fsp3) is 0.190. The second-order valence-corrected chi connectivity index (χ2v) is 9.25. The highest BCUT2D eigenvalue weighted by Gasteiger charge is 2.42. The molecule has 0 saturated carbocycles. The lowest BCUT2D eigenvalue weighted by Crippen LogP contribution is -2.38. The van der Waals surface area contributed by atoms with Gasteiger partial charge in [0.05, 0.1) is 28.0 Å². The van der Waals surface area contributed by atoms with Gasteiger partial charge in [-0.1, -0.05) is 28.6 Å². The number of hydrogen-bond acceptors (Lipinski definition) is 8. The van der Waals surface area contributed by atoms with Crippen LogP contribution in [0, 0.1) is 10.7 Å². The first kappa shape index (κ1) is 23.7. The minimum Gasteiger partial charge on any atom is -0.348 e. The van der Waals surface area contributed by atoms with Gasteiger partial charge in [0.1, 0.15) is 10.6 Å². The third kappa shape index (κ3) is 5.20. The SMILES string of the molecule is CN(CC(N=O)C(F)(F)F)c1nc2sc(C(=O)Nc3ccc(-c4ccc(F)cn4)cc3)cc2s1. The first-order valence-corrected chi connectivity index (χ1v) is 11.3. The number of halogens is 4. The number of anilines is 2. The van der Waals surface area contributed by atoms with Crippen molar-refractivity contribution in [2.24, 2.45) is 5.18 Å². The predicted molar refractivity (Wildman–Crippen MR) is 124 cm³/mol. The van der Waals surface area contributed by atoms with Gasteiger partial charge < -0.3 is 10.2 Å². The number of pyridine rings is 1. The van der Waals surface area contributed by atoms with E-state index in [1.807, 2.05) is 0 Å². The van der Waals surface area contributed by atoms with Crippen LogP contribution in [-0.4, -0.2) is 41.7 Å². The van der Waals surface area contributed by atoms with Gasteiger partial charge in [0.15, 0.2) is 5.13 Å². The monoisotopic (exact) mass is 509 g/mol. The summed E-state index contributed by atoms with van der Waals surface area (Å²) < 4.78 is 52.0. The van der Waals surface area contributed by atoms with Crippen molar-refractivity contribution in [3.05, 3.63) is 64.3 Å². The molecular weight excluding hydrogens is 494 g/mol. The lowest BCUT2D eigenvalue weighted by Gasteiger charge is -2.20. The van der Waals surface area contributed by atoms with E-state index in [-0.39, 0.29) is 11.0 Å². The summed E-state index contributed by atoms with van der Waals surface area (Å²) in [6.07, 6.45) is -3.61. The Hall–Kier alpha value is -3.45. The largest absolute Gasteiger partial charge is 0.415 e. The third-order valence-corrected chi connectivity index (χ3v) is 7.02. The van der Waals surface area contributed by atoms with Crippen LogP contribution in [0.3, 0.4) is 0 Å². The summed E-state index contributed by atoms with van der Waals surface area (Å²) in [6, 6.07) is 9.00. The quantitative estimate of drug-likeness (QED) is 0.246. The first-order chi connectivity index (χ1) is 16.1. The number of nitrogens with one attached hydrogen (secondary N) is 1. The maximum Gasteiger partial charge on any atom is 0.415 e. The van der Waals surface area contributed by atoms with E-state index >= 15 is 0 Å². The molecule has 34 heavy (non-hydrogen) atoms. The molecule has 1 aromatic carbocycles. The number of fused-ring (bicyclic) bond motifs is 1. The highest BCUT2D eigenvalue weighted by Crippen LogP contribution is 2.35. The summed E-state index contributed by atoms with van der Waals surface area (Å²) in [4.78, 5) is 33.6. The minimum absolute atomic E-state index is 0.288. The van der Waals surface area contributed by atoms with E-state index in [1.165, 1.54) is 18.0 Å². The van der Waals surface area contributed by atoms with Gasteiger partial charge in [-0.05, 0) is 30.3 Å². The Kier molecular flexibility index (Phi) is 6.57. The number of nitroso groups, excluding NO2 is 1. The molecule has 13 heteroatoms. The van der Waals surface area contributed by atoms with Gasteiger partial charge in [0.25, 0.3) is 5.91 Å². The minimum atomic E-state index is -4.73. The molecule has 0 saturated heterocycles. The summed E-state index contributed by atoms with van der Waals surface area (Å²) >= 11 is 2.22. The van der Waals surface area contributed by atoms with Crippen LogP contribution in [0.4, 0.5) is 28.4 Å². The van der Waals surface area contributed by atoms with Crippen LogP contribution < -0.4 is 10.2 Å². The van der Waals surface area contributed by atoms with Crippen molar-refractivity contribution < 1.29 is 22.4 Å². The molecule has 0 spiro atoms. The van der Waals surface area contributed by atoms with Gasteiger partial charge in [-0.25, -0.2) is 9.37 Å². The number of alkyl halides is 3. The summed E-state index contributed by atoms with van der Waals surface area (Å²) in [5.74, 6) is -0.791. The lowest BCUT2D eigenvalue weighted by atomic mass is 10.1. The summed E-state index contributed by atoms with van der Waals surface area (Å²) in [5, 5.41) is 5.22. The molecule has 3 heterocycles. The average molecular weight is 510 g/mol. The number of benzene rings is 1. The fourth-order valence-electron chi connectivity index (χ4n) is 3.00. The maximum atomic E-state index is 13.0. The van der Waals surface area contributed by atoms with Crippen LogP contribution in [0.2, 0.25) is 0 Å². The second-order valence-electron chi connectivity index (χ2n) is 7.21. The van der Waals surface area contributed by atoms with E-state index < -0.39 is 24.6 Å². The zero-order valence-corrected chi connectivity index (χ0v) is 19.0. The normalized spacial score (nSPS) is 12.5. The van der Waals surface area contributed by atoms with Crippen LogP contribution in [-0.2, 0) is 0 Å². The highest BCUT2D eigenvalue weighted by molar-refractivity contribution is 7.29. The zero-order chi connectivity index (χ0) is 24.5. The van der Waals surface area contributed by atoms with E-state index in [0.29, 0.717) is 25.8 Å². The van der Waals surface area contributed by atoms with Crippen LogP contribution >= 0.6 is 22.7 Å². The molecule has 4 aromatic rings. The van der Waals surface area contributed by atoms with Gasteiger partial charge in [-0.2, -0.15) is 18.1 Å². The number of carbonyl (C=O) groups excluding carboxylic acids is 1. The molecule has 1 unspecified atom stereocenters. The summed E-state index contributed by atoms with van der Waals surface area (Å²) in [5.41, 5.74) is 1.89. The molecule has 0 aliphatic rings. The Balaban J connectivity index is 1.43. The number of rotatable bonds is 7. The number of nitrogens with zero attached hydrogens (tertiary/aromatic N) is 4. The van der Waals surface area contributed by atoms with Gasteiger partial charge >= 0.3 is 6.18 Å². The Morgan fingerprint density at radius 3 is 2.50 bits per heavy atom. The first-order valence-electron chi connectivity index (χ1n) is 9.68. The highest BCUT2D eigenvalue weighted by atomic mass is 32.1. The number of thiophene rings is 1. The molecule has 3 aromatic heterocycles. The van der Waals surface area contributed by atoms with E-state index in [9.17, 15) is 27.3 Å². The molecule has 1 N–H and O–H groups in total. The van der Waals surface area contributed by atoms with Crippen molar-refractivity contribution in [1.29, 1.82) is 0 Å². The number of amides is 1. The molecule has 0 radical (unpaired) electrons. The van der Waals surface area contributed by atoms with Crippen molar-refractivity contribution in [3.63, 3.8) is 0 Å². The Bertz CT molecular complexity index is 1290. The smallest absolute Gasteiger partial charge is 0.348 e. The van der Waals surface area contributed by atoms with Crippen molar-refractivity contribution in [2.75, 3.05) is 23.8 Å². The number of thiazole rings is 1. The average Bonchev–Trinajstić information content (AvgIpc) is 3.37. The Morgan fingerprint density at radius 2 is 1.91 bits per heavy atom. The van der Waals surface area contributed by atoms with Gasteiger partial charge in [-0.15, -0.1) is 11.3 Å². The standard InChI is InChI=1S/C21H15F4N5O2S2/c1-30(10-17(29-32)21(23,24)25)20-28-19-16(34-20)8-15(33-19)18(31)27-13-5-2-11(3-6-13)14-7-4-12(22)9-26-14/h2-9,17H,10H2,1H3,(H,27,31).